The molecule has 120 valence electrons. The van der Waals surface area contributed by atoms with Crippen LogP contribution in [-0.4, -0.2) is 48.3 Å². The number of aryl methyl sites for hydroxylation is 1. The summed E-state index contributed by atoms with van der Waals surface area (Å²) in [5.74, 6) is 1.53. The van der Waals surface area contributed by atoms with Crippen LogP contribution in [0.1, 0.15) is 31.2 Å². The molecule has 0 bridgehead atoms. The Kier molecular flexibility index (Phi) is 4.52. The highest BCUT2D eigenvalue weighted by molar-refractivity contribution is 7.07. The highest BCUT2D eigenvalue weighted by Crippen LogP contribution is 2.40. The fourth-order valence-electron chi connectivity index (χ4n) is 3.87. The van der Waals surface area contributed by atoms with Gasteiger partial charge < -0.3 is 9.80 Å². The van der Waals surface area contributed by atoms with Gasteiger partial charge in [0.2, 0.25) is 11.8 Å². The molecule has 3 atom stereocenters. The van der Waals surface area contributed by atoms with Gasteiger partial charge in [-0.05, 0) is 53.5 Å². The first-order valence-corrected chi connectivity index (χ1v) is 8.99. The average Bonchev–Trinajstić information content (AvgIpc) is 3.13. The maximum absolute atomic E-state index is 12.4. The SMILES string of the molecule is CN1C[C@@H]2C[C@H](N(C)C(=O)CCc3ccsc3)C[C@@H]2CC1=O. The molecule has 1 aromatic heterocycles. The topological polar surface area (TPSA) is 40.6 Å². The van der Waals surface area contributed by atoms with E-state index in [4.69, 9.17) is 0 Å². The van der Waals surface area contributed by atoms with Gasteiger partial charge in [-0.1, -0.05) is 0 Å². The van der Waals surface area contributed by atoms with Crippen LogP contribution in [0.5, 0.6) is 0 Å². The Morgan fingerprint density at radius 1 is 1.41 bits per heavy atom. The summed E-state index contributed by atoms with van der Waals surface area (Å²) in [6.45, 7) is 0.858. The summed E-state index contributed by atoms with van der Waals surface area (Å²) < 4.78 is 0. The standard InChI is InChI=1S/C17H24N2O2S/c1-18-10-14-8-15(7-13(14)9-17(18)21)19(2)16(20)4-3-12-5-6-22-11-12/h5-6,11,13-15H,3-4,7-10H2,1-2H3/t13-,14+,15-/m1/s1. The van der Waals surface area contributed by atoms with Gasteiger partial charge >= 0.3 is 0 Å². The lowest BCUT2D eigenvalue weighted by molar-refractivity contribution is -0.135. The summed E-state index contributed by atoms with van der Waals surface area (Å²) in [7, 11) is 3.82. The number of hydrogen-bond acceptors (Lipinski definition) is 3. The Balaban J connectivity index is 1.53. The molecule has 1 aliphatic heterocycles. The van der Waals surface area contributed by atoms with E-state index < -0.39 is 0 Å². The third-order valence-electron chi connectivity index (χ3n) is 5.34. The zero-order chi connectivity index (χ0) is 15.7. The van der Waals surface area contributed by atoms with Gasteiger partial charge in [0.05, 0.1) is 0 Å². The molecule has 2 heterocycles. The van der Waals surface area contributed by atoms with Crippen molar-refractivity contribution in [2.75, 3.05) is 20.6 Å². The molecule has 4 nitrogen and oxygen atoms in total. The van der Waals surface area contributed by atoms with Crippen LogP contribution in [0.4, 0.5) is 0 Å². The fourth-order valence-corrected chi connectivity index (χ4v) is 4.57. The van der Waals surface area contributed by atoms with Crippen LogP contribution < -0.4 is 0 Å². The number of carbonyl (C=O) groups excluding carboxylic acids is 2. The van der Waals surface area contributed by atoms with Crippen molar-refractivity contribution in [2.45, 2.75) is 38.1 Å². The summed E-state index contributed by atoms with van der Waals surface area (Å²) in [5, 5.41) is 4.16. The van der Waals surface area contributed by atoms with E-state index in [-0.39, 0.29) is 11.8 Å². The van der Waals surface area contributed by atoms with Crippen LogP contribution in [0.15, 0.2) is 16.8 Å². The van der Waals surface area contributed by atoms with Gasteiger partial charge in [-0.2, -0.15) is 11.3 Å². The third kappa shape index (κ3) is 3.19. The van der Waals surface area contributed by atoms with Gasteiger partial charge in [0.25, 0.3) is 0 Å². The fraction of sp³-hybridized carbons (Fsp3) is 0.647. The number of carbonyl (C=O) groups is 2. The van der Waals surface area contributed by atoms with E-state index in [9.17, 15) is 9.59 Å². The number of piperidine rings is 1. The molecule has 2 aliphatic rings. The largest absolute Gasteiger partial charge is 0.345 e. The molecule has 0 aromatic carbocycles. The second kappa shape index (κ2) is 6.41. The quantitative estimate of drug-likeness (QED) is 0.855. The van der Waals surface area contributed by atoms with E-state index in [2.05, 4.69) is 16.8 Å². The summed E-state index contributed by atoms with van der Waals surface area (Å²) in [6, 6.07) is 2.40. The van der Waals surface area contributed by atoms with Gasteiger partial charge in [-0.3, -0.25) is 9.59 Å². The van der Waals surface area contributed by atoms with Crippen molar-refractivity contribution in [2.24, 2.45) is 11.8 Å². The van der Waals surface area contributed by atoms with Crippen molar-refractivity contribution in [3.05, 3.63) is 22.4 Å². The molecule has 2 fully saturated rings. The monoisotopic (exact) mass is 320 g/mol. The molecule has 22 heavy (non-hydrogen) atoms. The summed E-state index contributed by atoms with van der Waals surface area (Å²) >= 11 is 1.68. The van der Waals surface area contributed by atoms with Gasteiger partial charge in [0, 0.05) is 39.5 Å². The number of fused-ring (bicyclic) bond motifs is 1. The zero-order valence-electron chi connectivity index (χ0n) is 13.3. The van der Waals surface area contributed by atoms with E-state index >= 15 is 0 Å². The molecule has 0 N–H and O–H groups in total. The first-order chi connectivity index (χ1) is 10.5. The van der Waals surface area contributed by atoms with E-state index in [1.807, 2.05) is 23.9 Å². The van der Waals surface area contributed by atoms with Crippen molar-refractivity contribution in [1.29, 1.82) is 0 Å². The molecule has 5 heteroatoms. The maximum Gasteiger partial charge on any atom is 0.222 e. The van der Waals surface area contributed by atoms with Crippen LogP contribution in [0.25, 0.3) is 0 Å². The first kappa shape index (κ1) is 15.5. The molecule has 0 unspecified atom stereocenters. The van der Waals surface area contributed by atoms with Crippen molar-refractivity contribution >= 4 is 23.2 Å². The molecule has 0 radical (unpaired) electrons. The normalized spacial score (nSPS) is 27.8. The van der Waals surface area contributed by atoms with Crippen molar-refractivity contribution in [1.82, 2.24) is 9.80 Å². The minimum Gasteiger partial charge on any atom is -0.345 e. The van der Waals surface area contributed by atoms with Gasteiger partial charge in [-0.25, -0.2) is 0 Å². The molecule has 1 saturated heterocycles. The van der Waals surface area contributed by atoms with E-state index in [0.29, 0.717) is 30.7 Å². The Morgan fingerprint density at radius 3 is 2.91 bits per heavy atom. The maximum atomic E-state index is 12.4. The molecular formula is C17H24N2O2S. The molecule has 1 aromatic rings. The van der Waals surface area contributed by atoms with E-state index in [0.717, 1.165) is 25.8 Å². The Morgan fingerprint density at radius 2 is 2.18 bits per heavy atom. The number of nitrogens with zero attached hydrogens (tertiary/aromatic N) is 2. The third-order valence-corrected chi connectivity index (χ3v) is 6.07. The van der Waals surface area contributed by atoms with Crippen LogP contribution >= 0.6 is 11.3 Å². The highest BCUT2D eigenvalue weighted by Gasteiger charge is 2.42. The Hall–Kier alpha value is -1.36. The average molecular weight is 320 g/mol. The smallest absolute Gasteiger partial charge is 0.222 e. The molecule has 0 spiro atoms. The van der Waals surface area contributed by atoms with Crippen molar-refractivity contribution in [3.8, 4) is 0 Å². The molecule has 2 amide bonds. The van der Waals surface area contributed by atoms with Crippen molar-refractivity contribution < 1.29 is 9.59 Å². The second-order valence-corrected chi connectivity index (χ2v) is 7.54. The zero-order valence-corrected chi connectivity index (χ0v) is 14.1. The van der Waals surface area contributed by atoms with Crippen LogP contribution in [0.3, 0.4) is 0 Å². The van der Waals surface area contributed by atoms with Crippen LogP contribution in [0, 0.1) is 11.8 Å². The Bertz CT molecular complexity index is 543. The van der Waals surface area contributed by atoms with Crippen LogP contribution in [-0.2, 0) is 16.0 Å². The van der Waals surface area contributed by atoms with Crippen LogP contribution in [0.2, 0.25) is 0 Å². The summed E-state index contributed by atoms with van der Waals surface area (Å²) in [4.78, 5) is 28.0. The van der Waals surface area contributed by atoms with Gasteiger partial charge in [-0.15, -0.1) is 0 Å². The summed E-state index contributed by atoms with van der Waals surface area (Å²) in [5.41, 5.74) is 1.25. The van der Waals surface area contributed by atoms with Gasteiger partial charge in [0.1, 0.15) is 0 Å². The predicted octanol–water partition coefficient (Wildman–Crippen LogP) is 2.40. The molecule has 1 saturated carbocycles. The summed E-state index contributed by atoms with van der Waals surface area (Å²) in [6.07, 6.45) is 4.11. The van der Waals surface area contributed by atoms with Gasteiger partial charge in [0.15, 0.2) is 0 Å². The number of hydrogen-bond donors (Lipinski definition) is 0. The lowest BCUT2D eigenvalue weighted by atomic mass is 9.88. The lowest BCUT2D eigenvalue weighted by Crippen LogP contribution is -2.39. The number of thiophene rings is 1. The highest BCUT2D eigenvalue weighted by atomic mass is 32.1. The minimum atomic E-state index is 0.231. The first-order valence-electron chi connectivity index (χ1n) is 8.05. The molecule has 3 rings (SSSR count). The predicted molar refractivity (Wildman–Crippen MR) is 87.7 cm³/mol. The number of rotatable bonds is 4. The van der Waals surface area contributed by atoms with Crippen molar-refractivity contribution in [3.63, 3.8) is 0 Å². The minimum absolute atomic E-state index is 0.231. The number of likely N-dealkylation sites (tertiary alicyclic amines) is 1. The molecule has 1 aliphatic carbocycles. The van der Waals surface area contributed by atoms with E-state index in [1.165, 1.54) is 5.56 Å². The Labute approximate surface area is 136 Å². The second-order valence-electron chi connectivity index (χ2n) is 6.76. The lowest BCUT2D eigenvalue weighted by Gasteiger charge is -2.31. The molecular weight excluding hydrogens is 296 g/mol. The van der Waals surface area contributed by atoms with E-state index in [1.54, 1.807) is 11.3 Å². The number of amides is 2.